The van der Waals surface area contributed by atoms with E-state index in [1.165, 1.54) is 0 Å². The molecule has 0 radical (unpaired) electrons. The predicted molar refractivity (Wildman–Crippen MR) is 82.1 cm³/mol. The summed E-state index contributed by atoms with van der Waals surface area (Å²) < 4.78 is 11.2. The van der Waals surface area contributed by atoms with E-state index in [0.717, 1.165) is 5.56 Å². The SMILES string of the molecule is COc1cccc(Oc2ccc(Cl)c(Cl)c2)c1[C@H](C)N. The molecule has 2 aromatic carbocycles. The van der Waals surface area contributed by atoms with E-state index in [1.54, 1.807) is 25.3 Å². The van der Waals surface area contributed by atoms with E-state index in [0.29, 0.717) is 27.3 Å². The van der Waals surface area contributed by atoms with Gasteiger partial charge in [0, 0.05) is 12.1 Å². The van der Waals surface area contributed by atoms with Crippen molar-refractivity contribution in [3.8, 4) is 17.2 Å². The zero-order valence-electron chi connectivity index (χ0n) is 11.2. The van der Waals surface area contributed by atoms with Crippen LogP contribution in [0.2, 0.25) is 10.0 Å². The summed E-state index contributed by atoms with van der Waals surface area (Å²) in [5.41, 5.74) is 6.80. The minimum Gasteiger partial charge on any atom is -0.496 e. The van der Waals surface area contributed by atoms with Gasteiger partial charge < -0.3 is 15.2 Å². The number of hydrogen-bond acceptors (Lipinski definition) is 3. The van der Waals surface area contributed by atoms with Crippen LogP contribution in [0.15, 0.2) is 36.4 Å². The number of benzene rings is 2. The molecule has 0 saturated carbocycles. The van der Waals surface area contributed by atoms with Gasteiger partial charge in [0.15, 0.2) is 0 Å². The third kappa shape index (κ3) is 3.18. The highest BCUT2D eigenvalue weighted by Crippen LogP contribution is 2.36. The van der Waals surface area contributed by atoms with Gasteiger partial charge in [0.2, 0.25) is 0 Å². The van der Waals surface area contributed by atoms with Crippen LogP contribution in [0.4, 0.5) is 0 Å². The molecule has 0 aromatic heterocycles. The molecule has 0 amide bonds. The van der Waals surface area contributed by atoms with E-state index in [4.69, 9.17) is 38.4 Å². The average Bonchev–Trinajstić information content (AvgIpc) is 2.42. The van der Waals surface area contributed by atoms with Crippen LogP contribution >= 0.6 is 23.2 Å². The maximum absolute atomic E-state index is 5.99. The van der Waals surface area contributed by atoms with Crippen LogP contribution in [0.1, 0.15) is 18.5 Å². The molecule has 2 N–H and O–H groups in total. The fourth-order valence-electron chi connectivity index (χ4n) is 1.91. The lowest BCUT2D eigenvalue weighted by atomic mass is 10.1. The lowest BCUT2D eigenvalue weighted by molar-refractivity contribution is 0.397. The first-order chi connectivity index (χ1) is 9.52. The first kappa shape index (κ1) is 15.0. The number of methoxy groups -OCH3 is 1. The van der Waals surface area contributed by atoms with Gasteiger partial charge in [0.1, 0.15) is 17.2 Å². The van der Waals surface area contributed by atoms with E-state index in [-0.39, 0.29) is 6.04 Å². The third-order valence-electron chi connectivity index (χ3n) is 2.82. The van der Waals surface area contributed by atoms with Crippen LogP contribution in [0.3, 0.4) is 0 Å². The first-order valence-corrected chi connectivity index (χ1v) is 6.84. The minimum atomic E-state index is -0.219. The maximum atomic E-state index is 5.99. The van der Waals surface area contributed by atoms with Crippen molar-refractivity contribution in [1.82, 2.24) is 0 Å². The van der Waals surface area contributed by atoms with Gasteiger partial charge in [-0.05, 0) is 31.2 Å². The molecular formula is C15H15Cl2NO2. The van der Waals surface area contributed by atoms with Crippen molar-refractivity contribution >= 4 is 23.2 Å². The van der Waals surface area contributed by atoms with Crippen molar-refractivity contribution in [1.29, 1.82) is 0 Å². The average molecular weight is 312 g/mol. The second-order valence-corrected chi connectivity index (χ2v) is 5.15. The molecular weight excluding hydrogens is 297 g/mol. The molecule has 0 aliphatic carbocycles. The van der Waals surface area contributed by atoms with E-state index < -0.39 is 0 Å². The molecule has 2 rings (SSSR count). The smallest absolute Gasteiger partial charge is 0.135 e. The zero-order valence-corrected chi connectivity index (χ0v) is 12.7. The molecule has 1 atom stereocenters. The molecule has 0 bridgehead atoms. The summed E-state index contributed by atoms with van der Waals surface area (Å²) >= 11 is 11.9. The molecule has 20 heavy (non-hydrogen) atoms. The van der Waals surface area contributed by atoms with Crippen molar-refractivity contribution in [2.24, 2.45) is 5.73 Å². The van der Waals surface area contributed by atoms with Crippen molar-refractivity contribution in [2.75, 3.05) is 7.11 Å². The number of rotatable bonds is 4. The van der Waals surface area contributed by atoms with Gasteiger partial charge in [-0.3, -0.25) is 0 Å². The zero-order chi connectivity index (χ0) is 14.7. The van der Waals surface area contributed by atoms with Crippen LogP contribution in [0.5, 0.6) is 17.2 Å². The number of halogens is 2. The van der Waals surface area contributed by atoms with Gasteiger partial charge in [-0.15, -0.1) is 0 Å². The molecule has 0 unspecified atom stereocenters. The summed E-state index contributed by atoms with van der Waals surface area (Å²) in [6.07, 6.45) is 0. The molecule has 0 heterocycles. The first-order valence-electron chi connectivity index (χ1n) is 6.08. The molecule has 0 spiro atoms. The maximum Gasteiger partial charge on any atom is 0.135 e. The Labute approximate surface area is 128 Å². The van der Waals surface area contributed by atoms with Gasteiger partial charge in [-0.2, -0.15) is 0 Å². The largest absolute Gasteiger partial charge is 0.496 e. The lowest BCUT2D eigenvalue weighted by Crippen LogP contribution is -2.08. The van der Waals surface area contributed by atoms with E-state index >= 15 is 0 Å². The van der Waals surface area contributed by atoms with Crippen LogP contribution in [-0.2, 0) is 0 Å². The standard InChI is InChI=1S/C15H15Cl2NO2/c1-9(18)15-13(19-2)4-3-5-14(15)20-10-6-7-11(16)12(17)8-10/h3-9H,18H2,1-2H3/t9-/m0/s1. The van der Waals surface area contributed by atoms with E-state index in [2.05, 4.69) is 0 Å². The van der Waals surface area contributed by atoms with Gasteiger partial charge in [-0.1, -0.05) is 29.3 Å². The second kappa shape index (κ2) is 6.35. The topological polar surface area (TPSA) is 44.5 Å². The molecule has 0 aliphatic rings. The molecule has 0 aliphatic heterocycles. The van der Waals surface area contributed by atoms with Crippen LogP contribution in [0, 0.1) is 0 Å². The summed E-state index contributed by atoms with van der Waals surface area (Å²) in [6, 6.07) is 10.4. The Balaban J connectivity index is 2.40. The Kier molecular flexibility index (Phi) is 4.76. The van der Waals surface area contributed by atoms with Crippen LogP contribution in [-0.4, -0.2) is 7.11 Å². The summed E-state index contributed by atoms with van der Waals surface area (Å²) in [4.78, 5) is 0. The fraction of sp³-hybridized carbons (Fsp3) is 0.200. The molecule has 0 saturated heterocycles. The molecule has 106 valence electrons. The van der Waals surface area contributed by atoms with Crippen molar-refractivity contribution < 1.29 is 9.47 Å². The quantitative estimate of drug-likeness (QED) is 0.880. The third-order valence-corrected chi connectivity index (χ3v) is 3.56. The highest BCUT2D eigenvalue weighted by molar-refractivity contribution is 6.42. The van der Waals surface area contributed by atoms with Crippen molar-refractivity contribution in [3.05, 3.63) is 52.0 Å². The van der Waals surface area contributed by atoms with Crippen LogP contribution in [0.25, 0.3) is 0 Å². The highest BCUT2D eigenvalue weighted by atomic mass is 35.5. The van der Waals surface area contributed by atoms with Gasteiger partial charge in [0.25, 0.3) is 0 Å². The minimum absolute atomic E-state index is 0.219. The number of nitrogens with two attached hydrogens (primary N) is 1. The van der Waals surface area contributed by atoms with Gasteiger partial charge in [0.05, 0.1) is 22.7 Å². The van der Waals surface area contributed by atoms with E-state index in [1.807, 2.05) is 25.1 Å². The lowest BCUT2D eigenvalue weighted by Gasteiger charge is -2.17. The molecule has 3 nitrogen and oxygen atoms in total. The predicted octanol–water partition coefficient (Wildman–Crippen LogP) is 4.81. The van der Waals surface area contributed by atoms with E-state index in [9.17, 15) is 0 Å². The molecule has 2 aromatic rings. The van der Waals surface area contributed by atoms with Crippen molar-refractivity contribution in [3.63, 3.8) is 0 Å². The van der Waals surface area contributed by atoms with Gasteiger partial charge >= 0.3 is 0 Å². The Bertz CT molecular complexity index is 615. The number of hydrogen-bond donors (Lipinski definition) is 1. The summed E-state index contributed by atoms with van der Waals surface area (Å²) in [6.45, 7) is 1.87. The summed E-state index contributed by atoms with van der Waals surface area (Å²) in [5.74, 6) is 1.92. The molecule has 5 heteroatoms. The normalized spacial score (nSPS) is 12.1. The Morgan fingerprint density at radius 3 is 2.35 bits per heavy atom. The van der Waals surface area contributed by atoms with Crippen LogP contribution < -0.4 is 15.2 Å². The number of ether oxygens (including phenoxy) is 2. The summed E-state index contributed by atoms with van der Waals surface area (Å²) in [5, 5.41) is 0.923. The fourth-order valence-corrected chi connectivity index (χ4v) is 2.20. The second-order valence-electron chi connectivity index (χ2n) is 4.34. The van der Waals surface area contributed by atoms with Gasteiger partial charge in [-0.25, -0.2) is 0 Å². The summed E-state index contributed by atoms with van der Waals surface area (Å²) in [7, 11) is 1.60. The Morgan fingerprint density at radius 2 is 1.75 bits per heavy atom. The Hall–Kier alpha value is -1.42. The highest BCUT2D eigenvalue weighted by Gasteiger charge is 2.15. The monoisotopic (exact) mass is 311 g/mol. The van der Waals surface area contributed by atoms with Crippen molar-refractivity contribution in [2.45, 2.75) is 13.0 Å². The molecule has 0 fully saturated rings. The Morgan fingerprint density at radius 1 is 1.05 bits per heavy atom.